The van der Waals surface area contributed by atoms with E-state index in [1.807, 2.05) is 11.3 Å². The molecule has 2 rings (SSSR count). The van der Waals surface area contributed by atoms with E-state index >= 15 is 0 Å². The summed E-state index contributed by atoms with van der Waals surface area (Å²) in [5.74, 6) is -0.371. The lowest BCUT2D eigenvalue weighted by atomic mass is 10.2. The number of rotatable bonds is 4. The van der Waals surface area contributed by atoms with E-state index in [-0.39, 0.29) is 10.8 Å². The second-order valence-electron chi connectivity index (χ2n) is 4.29. The summed E-state index contributed by atoms with van der Waals surface area (Å²) < 4.78 is 13.0. The van der Waals surface area contributed by atoms with Crippen molar-refractivity contribution in [2.75, 3.05) is 0 Å². The molecule has 0 atom stereocenters. The minimum atomic E-state index is -0.371. The Morgan fingerprint density at radius 2 is 2.00 bits per heavy atom. The Hall–Kier alpha value is -0.900. The van der Waals surface area contributed by atoms with Crippen LogP contribution in [0.3, 0.4) is 0 Å². The molecule has 96 valence electrons. The summed E-state index contributed by atoms with van der Waals surface area (Å²) in [5, 5.41) is 3.52. The smallest absolute Gasteiger partial charge is 0.141 e. The first-order valence-electron chi connectivity index (χ1n) is 5.77. The number of aryl methyl sites for hydroxylation is 2. The topological polar surface area (TPSA) is 12.0 Å². The van der Waals surface area contributed by atoms with Crippen molar-refractivity contribution in [3.8, 4) is 0 Å². The monoisotopic (exact) mass is 283 g/mol. The van der Waals surface area contributed by atoms with Gasteiger partial charge in [-0.15, -0.1) is 11.3 Å². The van der Waals surface area contributed by atoms with Gasteiger partial charge >= 0.3 is 0 Å². The summed E-state index contributed by atoms with van der Waals surface area (Å²) >= 11 is 7.55. The Kier molecular flexibility index (Phi) is 4.38. The molecule has 0 aliphatic heterocycles. The van der Waals surface area contributed by atoms with Crippen LogP contribution in [0.1, 0.15) is 20.9 Å². The van der Waals surface area contributed by atoms with E-state index < -0.39 is 0 Å². The molecular formula is C14H15ClFNS. The van der Waals surface area contributed by atoms with Crippen LogP contribution in [-0.4, -0.2) is 0 Å². The van der Waals surface area contributed by atoms with Gasteiger partial charge in [0.1, 0.15) is 5.82 Å². The highest BCUT2D eigenvalue weighted by atomic mass is 35.5. The summed E-state index contributed by atoms with van der Waals surface area (Å²) in [6, 6.07) is 7.01. The predicted octanol–water partition coefficient (Wildman–Crippen LogP) is 4.45. The van der Waals surface area contributed by atoms with Crippen molar-refractivity contribution in [2.24, 2.45) is 0 Å². The van der Waals surface area contributed by atoms with Crippen molar-refractivity contribution in [3.05, 3.63) is 56.0 Å². The van der Waals surface area contributed by atoms with E-state index in [1.165, 1.54) is 21.4 Å². The number of halogens is 2. The van der Waals surface area contributed by atoms with Gasteiger partial charge in [-0.1, -0.05) is 17.7 Å². The Labute approximate surface area is 116 Å². The molecule has 0 spiro atoms. The van der Waals surface area contributed by atoms with Gasteiger partial charge in [-0.3, -0.25) is 0 Å². The molecule has 4 heteroatoms. The molecule has 1 N–H and O–H groups in total. The van der Waals surface area contributed by atoms with Gasteiger partial charge in [-0.25, -0.2) is 4.39 Å². The normalized spacial score (nSPS) is 10.9. The maximum atomic E-state index is 13.0. The number of nitrogens with one attached hydrogen (secondary N) is 1. The van der Waals surface area contributed by atoms with Crippen LogP contribution in [0.15, 0.2) is 24.3 Å². The Balaban J connectivity index is 1.92. The van der Waals surface area contributed by atoms with E-state index in [9.17, 15) is 4.39 Å². The van der Waals surface area contributed by atoms with Crippen LogP contribution in [-0.2, 0) is 13.1 Å². The Morgan fingerprint density at radius 1 is 1.22 bits per heavy atom. The van der Waals surface area contributed by atoms with Crippen LogP contribution in [0.4, 0.5) is 4.39 Å². The number of hydrogen-bond acceptors (Lipinski definition) is 2. The predicted molar refractivity (Wildman–Crippen MR) is 75.7 cm³/mol. The average molecular weight is 284 g/mol. The van der Waals surface area contributed by atoms with Crippen LogP contribution in [0.25, 0.3) is 0 Å². The highest BCUT2D eigenvalue weighted by Gasteiger charge is 2.03. The molecular weight excluding hydrogens is 269 g/mol. The number of benzene rings is 1. The van der Waals surface area contributed by atoms with Crippen molar-refractivity contribution >= 4 is 22.9 Å². The van der Waals surface area contributed by atoms with Crippen molar-refractivity contribution in [2.45, 2.75) is 26.9 Å². The fraction of sp³-hybridized carbons (Fsp3) is 0.286. The molecule has 0 amide bonds. The minimum Gasteiger partial charge on any atom is -0.309 e. The van der Waals surface area contributed by atoms with Gasteiger partial charge in [-0.2, -0.15) is 0 Å². The third-order valence-electron chi connectivity index (χ3n) is 2.77. The van der Waals surface area contributed by atoms with Crippen LogP contribution in [0.2, 0.25) is 5.02 Å². The molecule has 0 aliphatic carbocycles. The zero-order chi connectivity index (χ0) is 13.1. The first-order valence-corrected chi connectivity index (χ1v) is 6.96. The van der Waals surface area contributed by atoms with Crippen LogP contribution in [0.5, 0.6) is 0 Å². The lowest BCUT2D eigenvalue weighted by molar-refractivity contribution is 0.625. The molecule has 1 heterocycles. The standard InChI is InChI=1S/C14H15ClFNS/c1-9-5-12(10(2)18-9)8-17-7-11-3-4-14(16)13(15)6-11/h3-6,17H,7-8H2,1-2H3. The van der Waals surface area contributed by atoms with E-state index in [0.29, 0.717) is 6.54 Å². The van der Waals surface area contributed by atoms with E-state index in [4.69, 9.17) is 11.6 Å². The molecule has 0 saturated carbocycles. The average Bonchev–Trinajstić information content (AvgIpc) is 2.63. The highest BCUT2D eigenvalue weighted by Crippen LogP contribution is 2.20. The first-order chi connectivity index (χ1) is 8.56. The van der Waals surface area contributed by atoms with Gasteiger partial charge in [0.25, 0.3) is 0 Å². The largest absolute Gasteiger partial charge is 0.309 e. The quantitative estimate of drug-likeness (QED) is 0.874. The zero-order valence-electron chi connectivity index (χ0n) is 10.4. The molecule has 0 saturated heterocycles. The van der Waals surface area contributed by atoms with Gasteiger partial charge in [0.05, 0.1) is 5.02 Å². The van der Waals surface area contributed by atoms with Crippen LogP contribution in [0, 0.1) is 19.7 Å². The van der Waals surface area contributed by atoms with Crippen LogP contribution < -0.4 is 5.32 Å². The summed E-state index contributed by atoms with van der Waals surface area (Å²) in [4.78, 5) is 2.67. The number of hydrogen-bond donors (Lipinski definition) is 1. The van der Waals surface area contributed by atoms with Gasteiger partial charge < -0.3 is 5.32 Å². The van der Waals surface area contributed by atoms with Gasteiger partial charge in [0.2, 0.25) is 0 Å². The molecule has 0 radical (unpaired) electrons. The van der Waals surface area contributed by atoms with Gasteiger partial charge in [0, 0.05) is 22.8 Å². The molecule has 0 bridgehead atoms. The lowest BCUT2D eigenvalue weighted by Crippen LogP contribution is -2.12. The van der Waals surface area contributed by atoms with Crippen molar-refractivity contribution in [3.63, 3.8) is 0 Å². The minimum absolute atomic E-state index is 0.178. The maximum Gasteiger partial charge on any atom is 0.141 e. The second-order valence-corrected chi connectivity index (χ2v) is 6.16. The molecule has 0 aliphatic rings. The van der Waals surface area contributed by atoms with Gasteiger partial charge in [0.15, 0.2) is 0 Å². The fourth-order valence-electron chi connectivity index (χ4n) is 1.85. The molecule has 1 aromatic heterocycles. The zero-order valence-corrected chi connectivity index (χ0v) is 12.0. The fourth-order valence-corrected chi connectivity index (χ4v) is 3.00. The third-order valence-corrected chi connectivity index (χ3v) is 4.07. The van der Waals surface area contributed by atoms with E-state index in [0.717, 1.165) is 12.1 Å². The van der Waals surface area contributed by atoms with Gasteiger partial charge in [-0.05, 0) is 43.2 Å². The summed E-state index contributed by atoms with van der Waals surface area (Å²) in [6.45, 7) is 5.75. The van der Waals surface area contributed by atoms with Crippen molar-refractivity contribution in [1.82, 2.24) is 5.32 Å². The Bertz CT molecular complexity index is 551. The summed E-state index contributed by atoms with van der Waals surface area (Å²) in [5.41, 5.74) is 2.32. The summed E-state index contributed by atoms with van der Waals surface area (Å²) in [7, 11) is 0. The molecule has 0 fully saturated rings. The molecule has 2 aromatic rings. The Morgan fingerprint density at radius 3 is 2.61 bits per heavy atom. The maximum absolute atomic E-state index is 13.0. The molecule has 0 unspecified atom stereocenters. The molecule has 18 heavy (non-hydrogen) atoms. The lowest BCUT2D eigenvalue weighted by Gasteiger charge is -2.05. The third kappa shape index (κ3) is 3.31. The highest BCUT2D eigenvalue weighted by molar-refractivity contribution is 7.12. The number of thiophene rings is 1. The molecule has 1 aromatic carbocycles. The summed E-state index contributed by atoms with van der Waals surface area (Å²) in [6.07, 6.45) is 0. The SMILES string of the molecule is Cc1cc(CNCc2ccc(F)c(Cl)c2)c(C)s1. The van der Waals surface area contributed by atoms with Crippen molar-refractivity contribution in [1.29, 1.82) is 0 Å². The van der Waals surface area contributed by atoms with E-state index in [1.54, 1.807) is 12.1 Å². The second kappa shape index (κ2) is 5.83. The first kappa shape index (κ1) is 13.5. The van der Waals surface area contributed by atoms with E-state index in [2.05, 4.69) is 25.2 Å². The molecule has 1 nitrogen and oxygen atoms in total. The van der Waals surface area contributed by atoms with Crippen molar-refractivity contribution < 1.29 is 4.39 Å². The van der Waals surface area contributed by atoms with Crippen LogP contribution >= 0.6 is 22.9 Å².